The summed E-state index contributed by atoms with van der Waals surface area (Å²) in [4.78, 5) is 4.62. The quantitative estimate of drug-likeness (QED) is 0.212. The number of ether oxygens (including phenoxy) is 6. The largest absolute Gasteiger partial charge is 0.454 e. The van der Waals surface area contributed by atoms with Crippen LogP contribution in [0.15, 0.2) is 48.5 Å². The lowest BCUT2D eigenvalue weighted by Gasteiger charge is -2.48. The fourth-order valence-corrected chi connectivity index (χ4v) is 11.0. The van der Waals surface area contributed by atoms with Gasteiger partial charge in [0.15, 0.2) is 34.5 Å². The molecule has 3 aromatic rings. The van der Waals surface area contributed by atoms with Crippen molar-refractivity contribution in [3.8, 4) is 34.5 Å². The summed E-state index contributed by atoms with van der Waals surface area (Å²) < 4.78 is 33.0. The van der Waals surface area contributed by atoms with Crippen molar-refractivity contribution in [3.63, 3.8) is 0 Å². The molecule has 5 N–H and O–H groups in total. The Hall–Kier alpha value is -3.78. The van der Waals surface area contributed by atoms with Crippen LogP contribution in [-0.2, 0) is 22.8 Å². The van der Waals surface area contributed by atoms with Gasteiger partial charge >= 0.3 is 0 Å². The number of rotatable bonds is 5. The van der Waals surface area contributed by atoms with E-state index in [2.05, 4.69) is 67.3 Å². The Bertz CT molecular complexity index is 2020. The summed E-state index contributed by atoms with van der Waals surface area (Å²) in [6.45, 7) is 10.3. The second-order valence-corrected chi connectivity index (χ2v) is 20.4. The zero-order valence-corrected chi connectivity index (χ0v) is 37.3. The fraction of sp³-hybridized carbons (Fsp3) is 0.633. The smallest absolute Gasteiger partial charge is 0.231 e. The molecule has 10 rings (SSSR count). The standard InChI is InChI=1S/C17H23NO3.C17H25NO3.C15H21NO3/c1-16(19)5-7-17(8-6-16)10-18(2)9-12-13(17)3-4-14-15(12)21-11-20-14;1-16(19)6-8-17(9-7-16,11-18(2)3)13-4-5-14-15(10-13)21-12-20-14;1-14(17)4-6-15(9-16,7-5-14)11-2-3-12-13(8-11)19-10-18-12/h3-4,19H,5-11H2,1-2H3;4-5,10,19H,6-9,11-12H2,1-3H3;2-3,8,17H,4-7,9-10,16H2,1H3. The number of fused-ring (bicyclic) bond motifs is 6. The monoisotopic (exact) mass is 844 g/mol. The zero-order chi connectivity index (χ0) is 43.3. The third-order valence-corrected chi connectivity index (χ3v) is 15.0. The molecular formula is C49H69N3O9. The maximum Gasteiger partial charge on any atom is 0.231 e. The molecule has 3 saturated carbocycles. The van der Waals surface area contributed by atoms with Crippen molar-refractivity contribution in [1.82, 2.24) is 9.80 Å². The highest BCUT2D eigenvalue weighted by molar-refractivity contribution is 5.55. The number of aliphatic hydroxyl groups is 3. The number of benzene rings is 3. The third-order valence-electron chi connectivity index (χ3n) is 15.0. The molecule has 0 radical (unpaired) electrons. The van der Waals surface area contributed by atoms with Gasteiger partial charge in [0.2, 0.25) is 20.4 Å². The summed E-state index contributed by atoms with van der Waals surface area (Å²) in [5.41, 5.74) is 9.90. The van der Waals surface area contributed by atoms with Gasteiger partial charge in [-0.25, -0.2) is 0 Å². The maximum atomic E-state index is 10.3. The molecule has 12 nitrogen and oxygen atoms in total. The predicted octanol–water partition coefficient (Wildman–Crippen LogP) is 6.90. The molecule has 0 amide bonds. The Morgan fingerprint density at radius 2 is 1.02 bits per heavy atom. The van der Waals surface area contributed by atoms with E-state index in [1.54, 1.807) is 0 Å². The molecule has 0 atom stereocenters. The third kappa shape index (κ3) is 9.17. The van der Waals surface area contributed by atoms with Crippen molar-refractivity contribution in [2.24, 2.45) is 5.73 Å². The van der Waals surface area contributed by atoms with Crippen LogP contribution in [0.25, 0.3) is 0 Å². The van der Waals surface area contributed by atoms with Crippen LogP contribution < -0.4 is 34.2 Å². The van der Waals surface area contributed by atoms with E-state index < -0.39 is 16.8 Å². The summed E-state index contributed by atoms with van der Waals surface area (Å²) >= 11 is 0. The minimum atomic E-state index is -0.547. The molecule has 3 aromatic carbocycles. The molecule has 0 aromatic heterocycles. The Morgan fingerprint density at radius 3 is 1.54 bits per heavy atom. The Morgan fingerprint density at radius 1 is 0.574 bits per heavy atom. The first kappa shape index (κ1) is 43.9. The average Bonchev–Trinajstić information content (AvgIpc) is 4.02. The van der Waals surface area contributed by atoms with E-state index in [1.165, 1.54) is 22.3 Å². The van der Waals surface area contributed by atoms with Crippen molar-refractivity contribution in [2.45, 2.75) is 137 Å². The SMILES string of the molecule is CC1(O)CCC(CN)(c2ccc3c(c2)OCO3)CC1.CN(C)CC1(c2ccc3c(c2)OCO3)CCC(C)(O)CC1.CN1Cc2c(ccc3c2OCO3)C2(CCC(C)(O)CC2)C1. The lowest BCUT2D eigenvalue weighted by atomic mass is 9.63. The Kier molecular flexibility index (Phi) is 12.0. The summed E-state index contributed by atoms with van der Waals surface area (Å²) in [5.74, 6) is 5.11. The summed E-state index contributed by atoms with van der Waals surface area (Å²) in [6, 6.07) is 16.7. The van der Waals surface area contributed by atoms with Gasteiger partial charge in [0.1, 0.15) is 0 Å². The number of nitrogens with two attached hydrogens (primary N) is 1. The van der Waals surface area contributed by atoms with Crippen LogP contribution in [0.1, 0.15) is 120 Å². The zero-order valence-electron chi connectivity index (χ0n) is 37.3. The summed E-state index contributed by atoms with van der Waals surface area (Å²) in [6.07, 6.45) is 10.9. The van der Waals surface area contributed by atoms with Gasteiger partial charge in [0, 0.05) is 48.0 Å². The molecule has 0 saturated heterocycles. The van der Waals surface area contributed by atoms with E-state index in [1.807, 2.05) is 32.9 Å². The molecule has 3 aliphatic carbocycles. The lowest BCUT2D eigenvalue weighted by molar-refractivity contribution is -0.00889. The Balaban J connectivity index is 0.000000127. The molecule has 61 heavy (non-hydrogen) atoms. The van der Waals surface area contributed by atoms with Crippen LogP contribution in [0, 0.1) is 0 Å². The predicted molar refractivity (Wildman–Crippen MR) is 234 cm³/mol. The van der Waals surface area contributed by atoms with Gasteiger partial charge in [-0.15, -0.1) is 0 Å². The lowest BCUT2D eigenvalue weighted by Crippen LogP contribution is -2.49. The Labute approximate surface area is 362 Å². The van der Waals surface area contributed by atoms with E-state index in [4.69, 9.17) is 34.2 Å². The molecule has 4 heterocycles. The first-order chi connectivity index (χ1) is 28.9. The molecule has 4 aliphatic heterocycles. The second kappa shape index (κ2) is 16.7. The number of nitrogens with zero attached hydrogens (tertiary/aromatic N) is 2. The minimum absolute atomic E-state index is 0.0385. The maximum absolute atomic E-state index is 10.3. The number of hydrogen-bond acceptors (Lipinski definition) is 12. The number of hydrogen-bond donors (Lipinski definition) is 4. The van der Waals surface area contributed by atoms with Crippen LogP contribution >= 0.6 is 0 Å². The van der Waals surface area contributed by atoms with Crippen molar-refractivity contribution in [3.05, 3.63) is 70.8 Å². The molecule has 334 valence electrons. The molecule has 0 bridgehead atoms. The highest BCUT2D eigenvalue weighted by atomic mass is 16.7. The van der Waals surface area contributed by atoms with Crippen molar-refractivity contribution < 1.29 is 43.7 Å². The van der Waals surface area contributed by atoms with Crippen molar-refractivity contribution in [1.29, 1.82) is 0 Å². The van der Waals surface area contributed by atoms with Gasteiger partial charge in [-0.3, -0.25) is 0 Å². The molecule has 7 aliphatic rings. The molecule has 3 fully saturated rings. The fourth-order valence-electron chi connectivity index (χ4n) is 11.0. The van der Waals surface area contributed by atoms with Gasteiger partial charge in [-0.2, -0.15) is 0 Å². The highest BCUT2D eigenvalue weighted by Gasteiger charge is 2.46. The summed E-state index contributed by atoms with van der Waals surface area (Å²) in [7, 11) is 6.40. The molecular weight excluding hydrogens is 775 g/mol. The van der Waals surface area contributed by atoms with Gasteiger partial charge in [-0.1, -0.05) is 18.2 Å². The topological polar surface area (TPSA) is 149 Å². The average molecular weight is 844 g/mol. The number of likely N-dealkylation sites (N-methyl/N-ethyl adjacent to an activating group) is 2. The van der Waals surface area contributed by atoms with E-state index in [-0.39, 0.29) is 16.2 Å². The van der Waals surface area contributed by atoms with Crippen LogP contribution in [0.4, 0.5) is 0 Å². The van der Waals surface area contributed by atoms with Crippen molar-refractivity contribution >= 4 is 0 Å². The van der Waals surface area contributed by atoms with Gasteiger partial charge in [-0.05, 0) is 166 Å². The van der Waals surface area contributed by atoms with E-state index in [0.29, 0.717) is 26.9 Å². The normalized spacial score (nSPS) is 33.4. The van der Waals surface area contributed by atoms with Gasteiger partial charge in [0.05, 0.1) is 16.8 Å². The minimum Gasteiger partial charge on any atom is -0.454 e. The highest BCUT2D eigenvalue weighted by Crippen LogP contribution is 2.52. The molecule has 12 heteroatoms. The van der Waals surface area contributed by atoms with Crippen LogP contribution in [0.2, 0.25) is 0 Å². The second-order valence-electron chi connectivity index (χ2n) is 20.4. The molecule has 0 unspecified atom stereocenters. The summed E-state index contributed by atoms with van der Waals surface area (Å²) in [5, 5.41) is 30.7. The van der Waals surface area contributed by atoms with E-state index >= 15 is 0 Å². The first-order valence-electron chi connectivity index (χ1n) is 22.4. The van der Waals surface area contributed by atoms with Crippen LogP contribution in [0.3, 0.4) is 0 Å². The van der Waals surface area contributed by atoms with Crippen molar-refractivity contribution in [2.75, 3.05) is 61.2 Å². The first-order valence-corrected chi connectivity index (χ1v) is 22.4. The van der Waals surface area contributed by atoms with E-state index in [9.17, 15) is 15.3 Å². The van der Waals surface area contributed by atoms with Crippen LogP contribution in [-0.4, -0.2) is 103 Å². The molecule has 1 spiro atoms. The van der Waals surface area contributed by atoms with Gasteiger partial charge < -0.3 is 59.3 Å². The van der Waals surface area contributed by atoms with Gasteiger partial charge in [0.25, 0.3) is 0 Å². The van der Waals surface area contributed by atoms with Crippen LogP contribution in [0.5, 0.6) is 34.5 Å². The van der Waals surface area contributed by atoms with E-state index in [0.717, 1.165) is 131 Å².